The molecule has 0 fully saturated rings. The number of thiazole rings is 1. The third-order valence-corrected chi connectivity index (χ3v) is 6.86. The largest absolute Gasteiger partial charge is 0.311 e. The summed E-state index contributed by atoms with van der Waals surface area (Å²) in [6, 6.07) is 16.5. The van der Waals surface area contributed by atoms with E-state index >= 15 is 0 Å². The van der Waals surface area contributed by atoms with Gasteiger partial charge in [0.25, 0.3) is 0 Å². The van der Waals surface area contributed by atoms with Gasteiger partial charge in [0.15, 0.2) is 0 Å². The smallest absolute Gasteiger partial charge is 0.227 e. The lowest BCUT2D eigenvalue weighted by Crippen LogP contribution is -2.31. The molecule has 3 nitrogen and oxygen atoms in total. The van der Waals surface area contributed by atoms with Gasteiger partial charge < -0.3 is 4.90 Å². The first-order valence-corrected chi connectivity index (χ1v) is 11.0. The number of carbonyl (C=O) groups is 1. The lowest BCUT2D eigenvalue weighted by molar-refractivity contribution is -0.118. The van der Waals surface area contributed by atoms with E-state index in [2.05, 4.69) is 41.4 Å². The average molecular weight is 383 g/mol. The highest BCUT2D eigenvalue weighted by Crippen LogP contribution is 2.34. The normalized spacial score (nSPS) is 14.2. The zero-order valence-corrected chi connectivity index (χ0v) is 16.3. The van der Waals surface area contributed by atoms with E-state index in [0.717, 1.165) is 49.2 Å². The van der Waals surface area contributed by atoms with Crippen LogP contribution in [0, 0.1) is 0 Å². The highest BCUT2D eigenvalue weighted by Gasteiger charge is 2.20. The molecule has 134 valence electrons. The third kappa shape index (κ3) is 3.94. The number of aromatic nitrogens is 1. The van der Waals surface area contributed by atoms with E-state index in [1.807, 2.05) is 28.8 Å². The zero-order valence-electron chi connectivity index (χ0n) is 14.7. The molecule has 26 heavy (non-hydrogen) atoms. The second-order valence-corrected chi connectivity index (χ2v) is 8.75. The van der Waals surface area contributed by atoms with Gasteiger partial charge in [0.05, 0.1) is 20.9 Å². The quantitative estimate of drug-likeness (QED) is 0.543. The lowest BCUT2D eigenvalue weighted by Gasteiger charge is -2.22. The number of hydrogen-bond donors (Lipinski definition) is 0. The molecule has 0 saturated heterocycles. The molecule has 0 spiro atoms. The van der Waals surface area contributed by atoms with Gasteiger partial charge in [0.1, 0.15) is 0 Å². The van der Waals surface area contributed by atoms with Gasteiger partial charge in [-0.25, -0.2) is 4.98 Å². The van der Waals surface area contributed by atoms with Crippen molar-refractivity contribution in [2.24, 2.45) is 0 Å². The SMILES string of the molecule is O=C(CCCCc1nc2ccccc2s1)N1CCCSc2ccccc21. The zero-order chi connectivity index (χ0) is 17.8. The summed E-state index contributed by atoms with van der Waals surface area (Å²) in [5.41, 5.74) is 2.17. The molecule has 0 saturated carbocycles. The van der Waals surface area contributed by atoms with Crippen LogP contribution in [0.5, 0.6) is 0 Å². The van der Waals surface area contributed by atoms with Crippen molar-refractivity contribution < 1.29 is 4.79 Å². The van der Waals surface area contributed by atoms with Crippen molar-refractivity contribution in [3.05, 3.63) is 53.5 Å². The molecule has 4 rings (SSSR count). The number of thioether (sulfide) groups is 1. The van der Waals surface area contributed by atoms with Gasteiger partial charge in [-0.15, -0.1) is 23.1 Å². The fourth-order valence-corrected chi connectivity index (χ4v) is 5.30. The van der Waals surface area contributed by atoms with Gasteiger partial charge in [-0.3, -0.25) is 4.79 Å². The van der Waals surface area contributed by atoms with E-state index < -0.39 is 0 Å². The molecule has 0 atom stereocenters. The summed E-state index contributed by atoms with van der Waals surface area (Å²) < 4.78 is 1.25. The minimum Gasteiger partial charge on any atom is -0.311 e. The third-order valence-electron chi connectivity index (χ3n) is 4.61. The number of hydrogen-bond acceptors (Lipinski definition) is 4. The number of nitrogens with zero attached hydrogens (tertiary/aromatic N) is 2. The predicted molar refractivity (Wildman–Crippen MR) is 111 cm³/mol. The molecule has 1 aliphatic rings. The Morgan fingerprint density at radius 1 is 1.08 bits per heavy atom. The van der Waals surface area contributed by atoms with Crippen molar-refractivity contribution in [3.8, 4) is 0 Å². The second-order valence-electron chi connectivity index (χ2n) is 6.50. The first kappa shape index (κ1) is 17.6. The number of amides is 1. The molecule has 0 radical (unpaired) electrons. The van der Waals surface area contributed by atoms with Crippen LogP contribution in [0.4, 0.5) is 5.69 Å². The Bertz CT molecular complexity index is 873. The summed E-state index contributed by atoms with van der Waals surface area (Å²) in [5.74, 6) is 1.34. The van der Waals surface area contributed by atoms with E-state index in [1.165, 1.54) is 14.6 Å². The van der Waals surface area contributed by atoms with Crippen molar-refractivity contribution in [1.29, 1.82) is 0 Å². The van der Waals surface area contributed by atoms with Crippen molar-refractivity contribution >= 4 is 44.9 Å². The van der Waals surface area contributed by atoms with Crippen LogP contribution in [0.3, 0.4) is 0 Å². The highest BCUT2D eigenvalue weighted by molar-refractivity contribution is 7.99. The van der Waals surface area contributed by atoms with Crippen LogP contribution < -0.4 is 4.90 Å². The summed E-state index contributed by atoms with van der Waals surface area (Å²) in [4.78, 5) is 20.7. The topological polar surface area (TPSA) is 33.2 Å². The molecule has 2 heterocycles. The Hall–Kier alpha value is -1.85. The number of aryl methyl sites for hydroxylation is 1. The maximum atomic E-state index is 12.8. The van der Waals surface area contributed by atoms with Crippen LogP contribution in [0.2, 0.25) is 0 Å². The van der Waals surface area contributed by atoms with E-state index in [0.29, 0.717) is 6.42 Å². The van der Waals surface area contributed by atoms with E-state index in [4.69, 9.17) is 0 Å². The maximum absolute atomic E-state index is 12.8. The Kier molecular flexibility index (Phi) is 5.56. The van der Waals surface area contributed by atoms with Crippen LogP contribution in [-0.4, -0.2) is 23.2 Å². The maximum Gasteiger partial charge on any atom is 0.227 e. The number of anilines is 1. The summed E-state index contributed by atoms with van der Waals surface area (Å²) in [6.07, 6.45) is 4.55. The van der Waals surface area contributed by atoms with Crippen molar-refractivity contribution in [2.75, 3.05) is 17.2 Å². The standard InChI is InChI=1S/C21H22N2OS2/c24-21(23-14-7-15-25-19-11-4-2-9-17(19)23)13-6-5-12-20-22-16-8-1-3-10-18(16)26-20/h1-4,8-11H,5-7,12-15H2. The number of unbranched alkanes of at least 4 members (excludes halogenated alkanes) is 1. The fourth-order valence-electron chi connectivity index (χ4n) is 3.30. The van der Waals surface area contributed by atoms with Crippen LogP contribution in [0.15, 0.2) is 53.4 Å². The molecular weight excluding hydrogens is 360 g/mol. The summed E-state index contributed by atoms with van der Waals surface area (Å²) in [6.45, 7) is 0.834. The molecule has 0 bridgehead atoms. The lowest BCUT2D eigenvalue weighted by atomic mass is 10.1. The average Bonchev–Trinajstić information content (AvgIpc) is 2.96. The molecule has 1 aromatic heterocycles. The van der Waals surface area contributed by atoms with Gasteiger partial charge in [-0.05, 0) is 55.7 Å². The number of carbonyl (C=O) groups excluding carboxylic acids is 1. The summed E-state index contributed by atoms with van der Waals surface area (Å²) in [7, 11) is 0. The molecule has 3 aromatic rings. The monoisotopic (exact) mass is 382 g/mol. The first-order chi connectivity index (χ1) is 12.8. The summed E-state index contributed by atoms with van der Waals surface area (Å²) >= 11 is 3.63. The molecule has 1 aliphatic heterocycles. The molecular formula is C21H22N2OS2. The van der Waals surface area contributed by atoms with Gasteiger partial charge in [-0.2, -0.15) is 0 Å². The van der Waals surface area contributed by atoms with Crippen LogP contribution in [0.25, 0.3) is 10.2 Å². The Balaban J connectivity index is 1.32. The van der Waals surface area contributed by atoms with Gasteiger partial charge in [0, 0.05) is 17.9 Å². The van der Waals surface area contributed by atoms with Crippen molar-refractivity contribution in [2.45, 2.75) is 37.0 Å². The van der Waals surface area contributed by atoms with E-state index in [1.54, 1.807) is 11.3 Å². The minimum absolute atomic E-state index is 0.254. The van der Waals surface area contributed by atoms with Crippen LogP contribution >= 0.6 is 23.1 Å². The Labute approximate surface area is 162 Å². The fraction of sp³-hybridized carbons (Fsp3) is 0.333. The molecule has 5 heteroatoms. The van der Waals surface area contributed by atoms with E-state index in [9.17, 15) is 4.79 Å². The minimum atomic E-state index is 0.254. The van der Waals surface area contributed by atoms with E-state index in [-0.39, 0.29) is 5.91 Å². The van der Waals surface area contributed by atoms with Gasteiger partial charge in [-0.1, -0.05) is 24.3 Å². The summed E-state index contributed by atoms with van der Waals surface area (Å²) in [5, 5.41) is 1.18. The number of benzene rings is 2. The van der Waals surface area contributed by atoms with Gasteiger partial charge >= 0.3 is 0 Å². The number of para-hydroxylation sites is 2. The van der Waals surface area contributed by atoms with Gasteiger partial charge in [0.2, 0.25) is 5.91 Å². The Morgan fingerprint density at radius 2 is 1.92 bits per heavy atom. The predicted octanol–water partition coefficient (Wildman–Crippen LogP) is 5.54. The number of fused-ring (bicyclic) bond motifs is 2. The highest BCUT2D eigenvalue weighted by atomic mass is 32.2. The van der Waals surface area contributed by atoms with Crippen molar-refractivity contribution in [1.82, 2.24) is 4.98 Å². The molecule has 0 N–H and O–H groups in total. The van der Waals surface area contributed by atoms with Crippen molar-refractivity contribution in [3.63, 3.8) is 0 Å². The van der Waals surface area contributed by atoms with Crippen LogP contribution in [0.1, 0.15) is 30.7 Å². The molecule has 2 aromatic carbocycles. The molecule has 0 aliphatic carbocycles. The van der Waals surface area contributed by atoms with Crippen LogP contribution in [-0.2, 0) is 11.2 Å². The molecule has 0 unspecified atom stereocenters. The molecule has 1 amide bonds. The Morgan fingerprint density at radius 3 is 2.85 bits per heavy atom. The first-order valence-electron chi connectivity index (χ1n) is 9.18. The second kappa shape index (κ2) is 8.23. The number of rotatable bonds is 5.